The molecule has 0 heterocycles. The van der Waals surface area contributed by atoms with Crippen molar-refractivity contribution in [2.45, 2.75) is 11.8 Å². The molecule has 3 nitrogen and oxygen atoms in total. The summed E-state index contributed by atoms with van der Waals surface area (Å²) in [6.45, 7) is 2.30. The van der Waals surface area contributed by atoms with Gasteiger partial charge in [0.2, 0.25) is 0 Å². The van der Waals surface area contributed by atoms with Crippen molar-refractivity contribution in [3.8, 4) is 11.1 Å². The van der Waals surface area contributed by atoms with Gasteiger partial charge in [0.15, 0.2) is 9.84 Å². The third kappa shape index (κ3) is 4.28. The van der Waals surface area contributed by atoms with Gasteiger partial charge in [0, 0.05) is 17.8 Å². The molecule has 0 saturated carbocycles. The van der Waals surface area contributed by atoms with Crippen LogP contribution in [0.1, 0.15) is 5.56 Å². The van der Waals surface area contributed by atoms with E-state index in [0.717, 1.165) is 22.4 Å². The lowest BCUT2D eigenvalue weighted by atomic mass is 10.0. The molecule has 0 atom stereocenters. The third-order valence-corrected chi connectivity index (χ3v) is 5.81. The van der Waals surface area contributed by atoms with E-state index in [2.05, 4.69) is 5.32 Å². The molecule has 3 aromatic carbocycles. The van der Waals surface area contributed by atoms with Crippen LogP contribution in [0.25, 0.3) is 11.1 Å². The molecule has 0 amide bonds. The third-order valence-electron chi connectivity index (χ3n) is 4.08. The van der Waals surface area contributed by atoms with Crippen LogP contribution >= 0.6 is 0 Å². The fourth-order valence-electron chi connectivity index (χ4n) is 2.69. The average Bonchev–Trinajstić information content (AvgIpc) is 2.63. The SMILES string of the molecule is Cc1ccc(S(=O)(=O)CCNc2ccccc2-c2ccccc2)cc1. The Morgan fingerprint density at radius 2 is 1.44 bits per heavy atom. The number of rotatable bonds is 6. The monoisotopic (exact) mass is 351 g/mol. The molecule has 128 valence electrons. The minimum Gasteiger partial charge on any atom is -0.384 e. The molecular formula is C21H21NO2S. The largest absolute Gasteiger partial charge is 0.384 e. The second-order valence-electron chi connectivity index (χ2n) is 5.97. The standard InChI is InChI=1S/C21H21NO2S/c1-17-11-13-19(14-12-17)25(23,24)16-15-22-21-10-6-5-9-20(21)18-7-3-2-4-8-18/h2-14,22H,15-16H2,1H3. The lowest BCUT2D eigenvalue weighted by molar-refractivity contribution is 0.596. The zero-order valence-electron chi connectivity index (χ0n) is 14.1. The van der Waals surface area contributed by atoms with Gasteiger partial charge >= 0.3 is 0 Å². The predicted molar refractivity (Wildman–Crippen MR) is 104 cm³/mol. The first-order valence-electron chi connectivity index (χ1n) is 8.24. The highest BCUT2D eigenvalue weighted by Crippen LogP contribution is 2.27. The molecule has 0 bridgehead atoms. The molecule has 0 spiro atoms. The van der Waals surface area contributed by atoms with Crippen LogP contribution in [0.15, 0.2) is 83.8 Å². The Hall–Kier alpha value is -2.59. The average molecular weight is 351 g/mol. The number of hydrogen-bond acceptors (Lipinski definition) is 3. The smallest absolute Gasteiger partial charge is 0.180 e. The van der Waals surface area contributed by atoms with E-state index in [9.17, 15) is 8.42 Å². The van der Waals surface area contributed by atoms with E-state index >= 15 is 0 Å². The zero-order valence-corrected chi connectivity index (χ0v) is 15.0. The molecule has 1 N–H and O–H groups in total. The molecule has 3 rings (SSSR count). The van der Waals surface area contributed by atoms with Crippen molar-refractivity contribution in [3.63, 3.8) is 0 Å². The number of para-hydroxylation sites is 1. The van der Waals surface area contributed by atoms with Crippen molar-refractivity contribution in [1.29, 1.82) is 0 Å². The van der Waals surface area contributed by atoms with Crippen LogP contribution in [0.2, 0.25) is 0 Å². The van der Waals surface area contributed by atoms with Crippen LogP contribution in [0.3, 0.4) is 0 Å². The number of aryl methyl sites for hydroxylation is 1. The maximum absolute atomic E-state index is 12.4. The number of benzene rings is 3. The molecule has 25 heavy (non-hydrogen) atoms. The maximum atomic E-state index is 12.4. The van der Waals surface area contributed by atoms with Crippen LogP contribution in [0.5, 0.6) is 0 Å². The van der Waals surface area contributed by atoms with Gasteiger partial charge in [0.05, 0.1) is 10.6 Å². The summed E-state index contributed by atoms with van der Waals surface area (Å²) in [6.07, 6.45) is 0. The van der Waals surface area contributed by atoms with Gasteiger partial charge in [-0.05, 0) is 30.7 Å². The lowest BCUT2D eigenvalue weighted by Gasteiger charge is -2.12. The summed E-state index contributed by atoms with van der Waals surface area (Å²) in [7, 11) is -3.29. The van der Waals surface area contributed by atoms with E-state index in [0.29, 0.717) is 11.4 Å². The molecule has 3 aromatic rings. The van der Waals surface area contributed by atoms with Gasteiger partial charge in [-0.1, -0.05) is 66.2 Å². The van der Waals surface area contributed by atoms with E-state index in [1.54, 1.807) is 12.1 Å². The molecule has 0 aliphatic heterocycles. The molecule has 4 heteroatoms. The maximum Gasteiger partial charge on any atom is 0.180 e. The van der Waals surface area contributed by atoms with Gasteiger partial charge in [-0.2, -0.15) is 0 Å². The summed E-state index contributed by atoms with van der Waals surface area (Å²) in [6, 6.07) is 25.0. The van der Waals surface area contributed by atoms with Gasteiger partial charge < -0.3 is 5.32 Å². The fraction of sp³-hybridized carbons (Fsp3) is 0.143. The van der Waals surface area contributed by atoms with Crippen LogP contribution in [-0.4, -0.2) is 20.7 Å². The number of nitrogens with one attached hydrogen (secondary N) is 1. The minimum atomic E-state index is -3.29. The van der Waals surface area contributed by atoms with E-state index < -0.39 is 9.84 Å². The van der Waals surface area contributed by atoms with Crippen molar-refractivity contribution in [2.75, 3.05) is 17.6 Å². The second-order valence-corrected chi connectivity index (χ2v) is 8.08. The topological polar surface area (TPSA) is 46.2 Å². The van der Waals surface area contributed by atoms with E-state index in [4.69, 9.17) is 0 Å². The van der Waals surface area contributed by atoms with Gasteiger partial charge in [-0.15, -0.1) is 0 Å². The van der Waals surface area contributed by atoms with Crippen LogP contribution < -0.4 is 5.32 Å². The summed E-state index contributed by atoms with van der Waals surface area (Å²) in [5, 5.41) is 3.27. The highest BCUT2D eigenvalue weighted by atomic mass is 32.2. The summed E-state index contributed by atoms with van der Waals surface area (Å²) >= 11 is 0. The Morgan fingerprint density at radius 3 is 2.16 bits per heavy atom. The Balaban J connectivity index is 1.72. The summed E-state index contributed by atoms with van der Waals surface area (Å²) in [4.78, 5) is 0.372. The van der Waals surface area contributed by atoms with Gasteiger partial charge in [0.1, 0.15) is 0 Å². The quantitative estimate of drug-likeness (QED) is 0.709. The molecule has 0 aliphatic carbocycles. The Bertz CT molecular complexity index is 933. The number of sulfone groups is 1. The van der Waals surface area contributed by atoms with Crippen molar-refractivity contribution in [3.05, 3.63) is 84.4 Å². The zero-order chi connectivity index (χ0) is 17.7. The molecular weight excluding hydrogens is 330 g/mol. The first kappa shape index (κ1) is 17.2. The van der Waals surface area contributed by atoms with E-state index in [-0.39, 0.29) is 5.75 Å². The molecule has 0 aromatic heterocycles. The van der Waals surface area contributed by atoms with Crippen molar-refractivity contribution in [2.24, 2.45) is 0 Å². The van der Waals surface area contributed by atoms with Crippen LogP contribution in [0, 0.1) is 6.92 Å². The first-order valence-corrected chi connectivity index (χ1v) is 9.89. The number of anilines is 1. The van der Waals surface area contributed by atoms with Gasteiger partial charge in [-0.3, -0.25) is 0 Å². The predicted octanol–water partition coefficient (Wildman–Crippen LogP) is 4.55. The summed E-state index contributed by atoms with van der Waals surface area (Å²) in [5.74, 6) is 0.0547. The second kappa shape index (κ2) is 7.53. The van der Waals surface area contributed by atoms with Gasteiger partial charge in [0.25, 0.3) is 0 Å². The minimum absolute atomic E-state index is 0.0547. The lowest BCUT2D eigenvalue weighted by Crippen LogP contribution is -2.16. The number of hydrogen-bond donors (Lipinski definition) is 1. The van der Waals surface area contributed by atoms with E-state index in [1.807, 2.05) is 73.7 Å². The molecule has 0 saturated heterocycles. The van der Waals surface area contributed by atoms with E-state index in [1.165, 1.54) is 0 Å². The first-order chi connectivity index (χ1) is 12.1. The highest BCUT2D eigenvalue weighted by Gasteiger charge is 2.14. The normalized spacial score (nSPS) is 11.2. The Kier molecular flexibility index (Phi) is 5.19. The van der Waals surface area contributed by atoms with Crippen molar-refractivity contribution >= 4 is 15.5 Å². The molecule has 0 unspecified atom stereocenters. The summed E-state index contributed by atoms with van der Waals surface area (Å²) < 4.78 is 24.9. The van der Waals surface area contributed by atoms with Crippen molar-refractivity contribution in [1.82, 2.24) is 0 Å². The Morgan fingerprint density at radius 1 is 0.800 bits per heavy atom. The fourth-order valence-corrected chi connectivity index (χ4v) is 3.85. The van der Waals surface area contributed by atoms with Crippen LogP contribution in [0.4, 0.5) is 5.69 Å². The highest BCUT2D eigenvalue weighted by molar-refractivity contribution is 7.91. The molecule has 0 radical (unpaired) electrons. The Labute approximate surface area is 149 Å². The summed E-state index contributed by atoms with van der Waals surface area (Å²) in [5.41, 5.74) is 4.16. The van der Waals surface area contributed by atoms with Crippen LogP contribution in [-0.2, 0) is 9.84 Å². The molecule has 0 aliphatic rings. The van der Waals surface area contributed by atoms with Gasteiger partial charge in [-0.25, -0.2) is 8.42 Å². The van der Waals surface area contributed by atoms with Crippen molar-refractivity contribution < 1.29 is 8.42 Å². The molecule has 0 fully saturated rings.